The first-order valence-electron chi connectivity index (χ1n) is 9.49. The molecule has 0 atom stereocenters. The number of nitrogens with zero attached hydrogens (tertiary/aromatic N) is 3. The van der Waals surface area contributed by atoms with Crippen LogP contribution in [0.3, 0.4) is 0 Å². The number of guanidine groups is 1. The van der Waals surface area contributed by atoms with Gasteiger partial charge in [-0.3, -0.25) is 14.7 Å². The molecule has 0 aromatic heterocycles. The monoisotopic (exact) mass is 505 g/mol. The highest BCUT2D eigenvalue weighted by Crippen LogP contribution is 2.22. The third-order valence-corrected chi connectivity index (χ3v) is 4.45. The average molecular weight is 505 g/mol. The van der Waals surface area contributed by atoms with Crippen LogP contribution in [0.15, 0.2) is 4.99 Å². The number of carbonyl (C=O) groups is 1. The van der Waals surface area contributed by atoms with Gasteiger partial charge < -0.3 is 15.5 Å². The summed E-state index contributed by atoms with van der Waals surface area (Å²) in [5, 5.41) is 6.20. The molecule has 1 aliphatic carbocycles. The van der Waals surface area contributed by atoms with Gasteiger partial charge in [0.1, 0.15) is 0 Å². The molecule has 158 valence electrons. The fourth-order valence-electron chi connectivity index (χ4n) is 2.87. The predicted molar refractivity (Wildman–Crippen MR) is 110 cm³/mol. The van der Waals surface area contributed by atoms with Crippen molar-refractivity contribution in [2.45, 2.75) is 51.2 Å². The average Bonchev–Trinajstić information content (AvgIpc) is 3.37. The maximum atomic E-state index is 12.2. The van der Waals surface area contributed by atoms with Crippen molar-refractivity contribution in [2.24, 2.45) is 4.99 Å². The van der Waals surface area contributed by atoms with Crippen molar-refractivity contribution in [3.05, 3.63) is 0 Å². The molecule has 2 rings (SSSR count). The summed E-state index contributed by atoms with van der Waals surface area (Å²) in [5.74, 6) is 0.841. The number of nitrogens with one attached hydrogen (secondary N) is 2. The smallest absolute Gasteiger partial charge is 0.357 e. The highest BCUT2D eigenvalue weighted by atomic mass is 127. The van der Waals surface area contributed by atoms with E-state index in [0.29, 0.717) is 32.1 Å². The highest BCUT2D eigenvalue weighted by Gasteiger charge is 2.27. The van der Waals surface area contributed by atoms with Gasteiger partial charge in [0.15, 0.2) is 5.96 Å². The van der Waals surface area contributed by atoms with Crippen LogP contribution in [0.2, 0.25) is 0 Å². The lowest BCUT2D eigenvalue weighted by atomic mass is 10.2. The summed E-state index contributed by atoms with van der Waals surface area (Å²) in [7, 11) is 0. The molecular formula is C17H31F3IN5O. The molecule has 0 spiro atoms. The lowest BCUT2D eigenvalue weighted by molar-refractivity contribution is -0.135. The largest absolute Gasteiger partial charge is 0.389 e. The van der Waals surface area contributed by atoms with Crippen molar-refractivity contribution in [3.63, 3.8) is 0 Å². The van der Waals surface area contributed by atoms with Crippen LogP contribution in [0, 0.1) is 0 Å². The number of rotatable bonds is 8. The van der Waals surface area contributed by atoms with Gasteiger partial charge in [-0.1, -0.05) is 0 Å². The molecule has 0 bridgehead atoms. The zero-order valence-corrected chi connectivity index (χ0v) is 18.2. The van der Waals surface area contributed by atoms with Gasteiger partial charge in [-0.25, -0.2) is 0 Å². The zero-order chi connectivity index (χ0) is 19.0. The summed E-state index contributed by atoms with van der Waals surface area (Å²) in [4.78, 5) is 20.6. The van der Waals surface area contributed by atoms with E-state index in [1.165, 1.54) is 0 Å². The van der Waals surface area contributed by atoms with Crippen molar-refractivity contribution in [3.8, 4) is 0 Å². The molecule has 0 radical (unpaired) electrons. The van der Waals surface area contributed by atoms with Crippen LogP contribution in [0.25, 0.3) is 0 Å². The van der Waals surface area contributed by atoms with Crippen molar-refractivity contribution in [1.29, 1.82) is 0 Å². The second-order valence-electron chi connectivity index (χ2n) is 6.91. The lowest BCUT2D eigenvalue weighted by Gasteiger charge is -2.36. The van der Waals surface area contributed by atoms with Gasteiger partial charge in [0.2, 0.25) is 5.91 Å². The predicted octanol–water partition coefficient (Wildman–Crippen LogP) is 2.20. The van der Waals surface area contributed by atoms with Crippen molar-refractivity contribution in [2.75, 3.05) is 45.8 Å². The molecule has 0 unspecified atom stereocenters. The number of alkyl halides is 3. The first-order chi connectivity index (χ1) is 12.4. The number of hydrogen-bond acceptors (Lipinski definition) is 3. The number of unbranched alkanes of at least 4 members (excludes halogenated alkanes) is 1. The van der Waals surface area contributed by atoms with Crippen LogP contribution in [0.4, 0.5) is 13.2 Å². The van der Waals surface area contributed by atoms with Crippen LogP contribution in [-0.2, 0) is 4.79 Å². The Morgan fingerprint density at radius 3 is 2.37 bits per heavy atom. The van der Waals surface area contributed by atoms with Crippen molar-refractivity contribution >= 4 is 35.8 Å². The SMILES string of the molecule is CCNC(=NCCCCC(F)(F)F)N1CCN(CC(=O)NC2CC2)CC1.I. The van der Waals surface area contributed by atoms with Gasteiger partial charge in [0.05, 0.1) is 6.54 Å². The maximum Gasteiger partial charge on any atom is 0.389 e. The molecule has 0 aromatic rings. The first-order valence-corrected chi connectivity index (χ1v) is 9.49. The quantitative estimate of drug-likeness (QED) is 0.230. The summed E-state index contributed by atoms with van der Waals surface area (Å²) in [6.07, 6.45) is -2.13. The minimum absolute atomic E-state index is 0. The van der Waals surface area contributed by atoms with E-state index in [1.807, 2.05) is 6.92 Å². The second kappa shape index (κ2) is 11.9. The molecule has 0 aromatic carbocycles. The summed E-state index contributed by atoms with van der Waals surface area (Å²) in [6, 6.07) is 0.383. The van der Waals surface area contributed by atoms with E-state index in [1.54, 1.807) is 0 Å². The Morgan fingerprint density at radius 2 is 1.81 bits per heavy atom. The van der Waals surface area contributed by atoms with E-state index in [2.05, 4.69) is 25.4 Å². The van der Waals surface area contributed by atoms with E-state index in [9.17, 15) is 18.0 Å². The number of halogens is 4. The van der Waals surface area contributed by atoms with Gasteiger partial charge in [-0.2, -0.15) is 13.2 Å². The lowest BCUT2D eigenvalue weighted by Crippen LogP contribution is -2.54. The highest BCUT2D eigenvalue weighted by molar-refractivity contribution is 14.0. The molecule has 2 aliphatic rings. The Morgan fingerprint density at radius 1 is 1.15 bits per heavy atom. The van der Waals surface area contributed by atoms with E-state index in [0.717, 1.165) is 45.0 Å². The molecule has 27 heavy (non-hydrogen) atoms. The normalized spacial score (nSPS) is 18.8. The summed E-state index contributed by atoms with van der Waals surface area (Å²) in [6.45, 7) is 6.56. The number of hydrogen-bond donors (Lipinski definition) is 2. The van der Waals surface area contributed by atoms with Crippen LogP contribution in [0.5, 0.6) is 0 Å². The van der Waals surface area contributed by atoms with Crippen LogP contribution in [-0.4, -0.2) is 79.7 Å². The number of amides is 1. The molecule has 1 heterocycles. The van der Waals surface area contributed by atoms with Gasteiger partial charge in [-0.15, -0.1) is 24.0 Å². The third-order valence-electron chi connectivity index (χ3n) is 4.45. The zero-order valence-electron chi connectivity index (χ0n) is 15.9. The van der Waals surface area contributed by atoms with Crippen LogP contribution >= 0.6 is 24.0 Å². The number of aliphatic imine (C=N–C) groups is 1. The van der Waals surface area contributed by atoms with E-state index >= 15 is 0 Å². The minimum Gasteiger partial charge on any atom is -0.357 e. The van der Waals surface area contributed by atoms with Crippen LogP contribution in [0.1, 0.15) is 39.0 Å². The molecule has 1 saturated carbocycles. The standard InChI is InChI=1S/C17H30F3N5O.HI/c1-2-21-16(22-8-4-3-7-17(18,19)20)25-11-9-24(10-12-25)13-15(26)23-14-5-6-14;/h14H,2-13H2,1H3,(H,21,22)(H,23,26);1H. The first kappa shape index (κ1) is 24.3. The molecule has 2 N–H and O–H groups in total. The molecule has 2 fully saturated rings. The molecule has 1 amide bonds. The summed E-state index contributed by atoms with van der Waals surface area (Å²) >= 11 is 0. The van der Waals surface area contributed by atoms with E-state index < -0.39 is 12.6 Å². The Labute approximate surface area is 176 Å². The molecule has 6 nitrogen and oxygen atoms in total. The summed E-state index contributed by atoms with van der Waals surface area (Å²) < 4.78 is 36.5. The minimum atomic E-state index is -4.09. The van der Waals surface area contributed by atoms with Gasteiger partial charge in [0, 0.05) is 51.7 Å². The van der Waals surface area contributed by atoms with Crippen LogP contribution < -0.4 is 10.6 Å². The Hall–Kier alpha value is -0.780. The molecule has 1 saturated heterocycles. The van der Waals surface area contributed by atoms with E-state index in [-0.39, 0.29) is 36.3 Å². The van der Waals surface area contributed by atoms with Crippen molar-refractivity contribution in [1.82, 2.24) is 20.4 Å². The fraction of sp³-hybridized carbons (Fsp3) is 0.882. The van der Waals surface area contributed by atoms with Gasteiger partial charge in [-0.05, 0) is 32.6 Å². The molecule has 1 aliphatic heterocycles. The Kier molecular flexibility index (Phi) is 10.7. The molecular weight excluding hydrogens is 474 g/mol. The fourth-order valence-corrected chi connectivity index (χ4v) is 2.87. The third kappa shape index (κ3) is 10.4. The number of carbonyl (C=O) groups excluding carboxylic acids is 1. The van der Waals surface area contributed by atoms with Gasteiger partial charge in [0.25, 0.3) is 0 Å². The Balaban J connectivity index is 0.00000364. The summed E-state index contributed by atoms with van der Waals surface area (Å²) in [5.41, 5.74) is 0. The second-order valence-corrected chi connectivity index (χ2v) is 6.91. The Bertz CT molecular complexity index is 478. The molecule has 10 heteroatoms. The van der Waals surface area contributed by atoms with E-state index in [4.69, 9.17) is 0 Å². The number of piperazine rings is 1. The van der Waals surface area contributed by atoms with Crippen molar-refractivity contribution < 1.29 is 18.0 Å². The van der Waals surface area contributed by atoms with Gasteiger partial charge >= 0.3 is 6.18 Å². The maximum absolute atomic E-state index is 12.2. The topological polar surface area (TPSA) is 60.0 Å².